The summed E-state index contributed by atoms with van der Waals surface area (Å²) in [6.07, 6.45) is -0.461. The topological polar surface area (TPSA) is 51.5 Å². The highest BCUT2D eigenvalue weighted by atomic mass is 16.6. The number of aliphatic hydroxyl groups excluding tert-OH is 1. The highest BCUT2D eigenvalue weighted by Gasteiger charge is 2.22. The summed E-state index contributed by atoms with van der Waals surface area (Å²) in [6, 6.07) is 7.54. The number of fused-ring (bicyclic) bond motifs is 1. The lowest BCUT2D eigenvalue weighted by Gasteiger charge is -2.20. The van der Waals surface area contributed by atoms with E-state index in [1.807, 2.05) is 52.0 Å². The molecule has 0 atom stereocenters. The SMILES string of the molecule is Cc1cccc2c1cc(CO)n2C(=O)OC(C)(C)C. The highest BCUT2D eigenvalue weighted by Crippen LogP contribution is 2.24. The van der Waals surface area contributed by atoms with E-state index in [1.165, 1.54) is 4.57 Å². The van der Waals surface area contributed by atoms with Crippen molar-refractivity contribution in [3.8, 4) is 0 Å². The average Bonchev–Trinajstić information content (AvgIpc) is 2.66. The minimum atomic E-state index is -0.565. The predicted molar refractivity (Wildman–Crippen MR) is 74.2 cm³/mol. The van der Waals surface area contributed by atoms with Crippen LogP contribution >= 0.6 is 0 Å². The van der Waals surface area contributed by atoms with Crippen LogP contribution in [-0.4, -0.2) is 21.4 Å². The van der Waals surface area contributed by atoms with E-state index in [0.29, 0.717) is 5.69 Å². The third kappa shape index (κ3) is 2.63. The third-order valence-corrected chi connectivity index (χ3v) is 2.88. The molecule has 1 N–H and O–H groups in total. The van der Waals surface area contributed by atoms with Crippen molar-refractivity contribution in [1.82, 2.24) is 4.57 Å². The standard InChI is InChI=1S/C15H19NO3/c1-10-6-5-7-13-12(10)8-11(9-17)16(13)14(18)19-15(2,3)4/h5-8,17H,9H2,1-4H3. The Bertz CT molecular complexity index is 620. The predicted octanol–water partition coefficient (Wildman–Crippen LogP) is 3.23. The van der Waals surface area contributed by atoms with E-state index in [0.717, 1.165) is 16.5 Å². The number of hydrogen-bond acceptors (Lipinski definition) is 3. The normalized spacial score (nSPS) is 11.8. The zero-order chi connectivity index (χ0) is 14.2. The summed E-state index contributed by atoms with van der Waals surface area (Å²) in [4.78, 5) is 12.3. The summed E-state index contributed by atoms with van der Waals surface area (Å²) in [7, 11) is 0. The van der Waals surface area contributed by atoms with Crippen LogP contribution in [0.4, 0.5) is 4.79 Å². The lowest BCUT2D eigenvalue weighted by Crippen LogP contribution is -2.28. The second-order valence-corrected chi connectivity index (χ2v) is 5.62. The number of hydrogen-bond donors (Lipinski definition) is 1. The summed E-state index contributed by atoms with van der Waals surface area (Å²) in [5, 5.41) is 10.4. The second-order valence-electron chi connectivity index (χ2n) is 5.62. The molecule has 2 aromatic rings. The summed E-state index contributed by atoms with van der Waals surface area (Å²) < 4.78 is 6.82. The number of nitrogens with zero attached hydrogens (tertiary/aromatic N) is 1. The van der Waals surface area contributed by atoms with Gasteiger partial charge in [-0.3, -0.25) is 0 Å². The molecule has 0 aliphatic rings. The molecule has 1 aromatic heterocycles. The molecule has 0 aliphatic heterocycles. The molecule has 0 radical (unpaired) electrons. The molecular formula is C15H19NO3. The van der Waals surface area contributed by atoms with Crippen LogP contribution in [-0.2, 0) is 11.3 Å². The van der Waals surface area contributed by atoms with Gasteiger partial charge in [-0.15, -0.1) is 0 Å². The zero-order valence-electron chi connectivity index (χ0n) is 11.7. The van der Waals surface area contributed by atoms with Crippen LogP contribution in [0.3, 0.4) is 0 Å². The number of benzene rings is 1. The Morgan fingerprint density at radius 3 is 2.63 bits per heavy atom. The number of ether oxygens (including phenoxy) is 1. The molecule has 0 spiro atoms. The number of aryl methyl sites for hydroxylation is 1. The summed E-state index contributed by atoms with van der Waals surface area (Å²) in [5.41, 5.74) is 1.80. The molecule has 0 saturated heterocycles. The van der Waals surface area contributed by atoms with Crippen molar-refractivity contribution in [3.05, 3.63) is 35.5 Å². The van der Waals surface area contributed by atoms with Crippen molar-refractivity contribution in [2.75, 3.05) is 0 Å². The van der Waals surface area contributed by atoms with E-state index in [1.54, 1.807) is 0 Å². The van der Waals surface area contributed by atoms with E-state index < -0.39 is 11.7 Å². The first-order chi connectivity index (χ1) is 8.83. The molecule has 0 saturated carbocycles. The fourth-order valence-corrected chi connectivity index (χ4v) is 2.07. The average molecular weight is 261 g/mol. The second kappa shape index (κ2) is 4.70. The lowest BCUT2D eigenvalue weighted by molar-refractivity contribution is 0.0533. The number of carbonyl (C=O) groups excluding carboxylic acids is 1. The van der Waals surface area contributed by atoms with Crippen LogP contribution in [0.1, 0.15) is 32.0 Å². The van der Waals surface area contributed by atoms with Crippen molar-refractivity contribution in [2.24, 2.45) is 0 Å². The molecule has 19 heavy (non-hydrogen) atoms. The molecule has 4 heteroatoms. The molecule has 0 amide bonds. The zero-order valence-corrected chi connectivity index (χ0v) is 11.7. The van der Waals surface area contributed by atoms with Gasteiger partial charge >= 0.3 is 6.09 Å². The van der Waals surface area contributed by atoms with Gasteiger partial charge in [0.2, 0.25) is 0 Å². The van der Waals surface area contributed by atoms with Gasteiger partial charge in [-0.2, -0.15) is 0 Å². The van der Waals surface area contributed by atoms with Crippen LogP contribution in [0.2, 0.25) is 0 Å². The van der Waals surface area contributed by atoms with Gasteiger partial charge in [0.1, 0.15) is 5.60 Å². The first kappa shape index (κ1) is 13.6. The summed E-state index contributed by atoms with van der Waals surface area (Å²) in [5.74, 6) is 0. The monoisotopic (exact) mass is 261 g/mol. The minimum Gasteiger partial charge on any atom is -0.443 e. The van der Waals surface area contributed by atoms with Crippen molar-refractivity contribution < 1.29 is 14.6 Å². The minimum absolute atomic E-state index is 0.201. The van der Waals surface area contributed by atoms with Crippen LogP contribution in [0.5, 0.6) is 0 Å². The van der Waals surface area contributed by atoms with Gasteiger partial charge in [0.25, 0.3) is 0 Å². The number of aromatic nitrogens is 1. The van der Waals surface area contributed by atoms with E-state index in [4.69, 9.17) is 4.74 Å². The molecule has 4 nitrogen and oxygen atoms in total. The van der Waals surface area contributed by atoms with Crippen molar-refractivity contribution in [1.29, 1.82) is 0 Å². The maximum atomic E-state index is 12.3. The third-order valence-electron chi connectivity index (χ3n) is 2.88. The molecular weight excluding hydrogens is 242 g/mol. The smallest absolute Gasteiger partial charge is 0.419 e. The first-order valence-electron chi connectivity index (χ1n) is 6.27. The van der Waals surface area contributed by atoms with Gasteiger partial charge in [-0.05, 0) is 45.4 Å². The molecule has 0 fully saturated rings. The maximum absolute atomic E-state index is 12.3. The Hall–Kier alpha value is -1.81. The summed E-state index contributed by atoms with van der Waals surface area (Å²) >= 11 is 0. The highest BCUT2D eigenvalue weighted by molar-refractivity contribution is 5.92. The van der Waals surface area contributed by atoms with E-state index in [-0.39, 0.29) is 6.61 Å². The van der Waals surface area contributed by atoms with Crippen LogP contribution in [0, 0.1) is 6.92 Å². The fraction of sp³-hybridized carbons (Fsp3) is 0.400. The van der Waals surface area contributed by atoms with Gasteiger partial charge in [-0.25, -0.2) is 9.36 Å². The molecule has 0 aliphatic carbocycles. The van der Waals surface area contributed by atoms with E-state index >= 15 is 0 Å². The molecule has 102 valence electrons. The largest absolute Gasteiger partial charge is 0.443 e. The number of rotatable bonds is 1. The van der Waals surface area contributed by atoms with Gasteiger partial charge in [0.15, 0.2) is 0 Å². The van der Waals surface area contributed by atoms with Gasteiger partial charge in [0.05, 0.1) is 17.8 Å². The van der Waals surface area contributed by atoms with Gasteiger partial charge in [0, 0.05) is 5.39 Å². The van der Waals surface area contributed by atoms with Crippen molar-refractivity contribution in [3.63, 3.8) is 0 Å². The van der Waals surface area contributed by atoms with Crippen molar-refractivity contribution >= 4 is 17.0 Å². The molecule has 1 heterocycles. The quantitative estimate of drug-likeness (QED) is 0.857. The molecule has 0 unspecified atom stereocenters. The molecule has 1 aromatic carbocycles. The van der Waals surface area contributed by atoms with Gasteiger partial charge in [-0.1, -0.05) is 12.1 Å². The number of carbonyl (C=O) groups is 1. The van der Waals surface area contributed by atoms with E-state index in [9.17, 15) is 9.90 Å². The van der Waals surface area contributed by atoms with Gasteiger partial charge < -0.3 is 9.84 Å². The fourth-order valence-electron chi connectivity index (χ4n) is 2.07. The Morgan fingerprint density at radius 2 is 2.05 bits per heavy atom. The lowest BCUT2D eigenvalue weighted by atomic mass is 10.1. The Balaban J connectivity index is 2.58. The maximum Gasteiger partial charge on any atom is 0.419 e. The van der Waals surface area contributed by atoms with E-state index in [2.05, 4.69) is 0 Å². The first-order valence-corrected chi connectivity index (χ1v) is 6.27. The van der Waals surface area contributed by atoms with Crippen LogP contribution in [0.25, 0.3) is 10.9 Å². The number of aliphatic hydroxyl groups is 1. The summed E-state index contributed by atoms with van der Waals surface area (Å²) in [6.45, 7) is 7.23. The molecule has 2 rings (SSSR count). The Kier molecular flexibility index (Phi) is 3.37. The van der Waals surface area contributed by atoms with Crippen molar-refractivity contribution in [2.45, 2.75) is 39.9 Å². The van der Waals surface area contributed by atoms with Crippen LogP contribution in [0.15, 0.2) is 24.3 Å². The molecule has 0 bridgehead atoms. The Morgan fingerprint density at radius 1 is 1.37 bits per heavy atom. The Labute approximate surface area is 112 Å². The van der Waals surface area contributed by atoms with Crippen LogP contribution < -0.4 is 0 Å².